The highest BCUT2D eigenvalue weighted by atomic mass is 16.5. The normalized spacial score (nSPS) is 13.7. The van der Waals surface area contributed by atoms with Gasteiger partial charge in [0, 0.05) is 37.4 Å². The van der Waals surface area contributed by atoms with Crippen LogP contribution in [0.2, 0.25) is 0 Å². The third-order valence-corrected chi connectivity index (χ3v) is 5.95. The van der Waals surface area contributed by atoms with Crippen LogP contribution >= 0.6 is 0 Å². The van der Waals surface area contributed by atoms with E-state index in [9.17, 15) is 9.59 Å². The molecule has 4 rings (SSSR count). The Labute approximate surface area is 205 Å². The smallest absolute Gasteiger partial charge is 0.255 e. The quantitative estimate of drug-likeness (QED) is 0.518. The summed E-state index contributed by atoms with van der Waals surface area (Å²) in [7, 11) is 3.24. The predicted octanol–water partition coefficient (Wildman–Crippen LogP) is 3.72. The molecule has 1 saturated heterocycles. The van der Waals surface area contributed by atoms with Gasteiger partial charge in [0.05, 0.1) is 32.1 Å². The van der Waals surface area contributed by atoms with Crippen molar-refractivity contribution in [3.63, 3.8) is 0 Å². The minimum absolute atomic E-state index is 0.0815. The molecule has 35 heavy (non-hydrogen) atoms. The number of amides is 2. The van der Waals surface area contributed by atoms with E-state index in [0.29, 0.717) is 29.2 Å². The summed E-state index contributed by atoms with van der Waals surface area (Å²) in [6, 6.07) is 22.1. The first-order chi connectivity index (χ1) is 17.1. The van der Waals surface area contributed by atoms with Gasteiger partial charge in [0.15, 0.2) is 0 Å². The number of carbonyl (C=O) groups is 2. The first kappa shape index (κ1) is 24.1. The fourth-order valence-corrected chi connectivity index (χ4v) is 4.09. The van der Waals surface area contributed by atoms with E-state index in [-0.39, 0.29) is 11.8 Å². The summed E-state index contributed by atoms with van der Waals surface area (Å²) in [5.74, 6) is 1.12. The molecule has 8 heteroatoms. The average molecular weight is 475 g/mol. The van der Waals surface area contributed by atoms with Crippen LogP contribution in [0.4, 0.5) is 17.1 Å². The lowest BCUT2D eigenvalue weighted by Gasteiger charge is -2.36. The van der Waals surface area contributed by atoms with Crippen molar-refractivity contribution in [2.45, 2.75) is 0 Å². The molecule has 182 valence electrons. The third kappa shape index (κ3) is 6.10. The molecule has 0 atom stereocenters. The Kier molecular flexibility index (Phi) is 7.84. The number of benzene rings is 3. The topological polar surface area (TPSA) is 83.1 Å². The number of methoxy groups -OCH3 is 2. The second-order valence-electron chi connectivity index (χ2n) is 8.21. The van der Waals surface area contributed by atoms with Gasteiger partial charge in [-0.1, -0.05) is 24.3 Å². The van der Waals surface area contributed by atoms with E-state index in [2.05, 4.69) is 26.5 Å². The number of ether oxygens (including phenoxy) is 2. The second kappa shape index (κ2) is 11.4. The van der Waals surface area contributed by atoms with Gasteiger partial charge >= 0.3 is 0 Å². The first-order valence-corrected chi connectivity index (χ1v) is 11.5. The summed E-state index contributed by atoms with van der Waals surface area (Å²) in [4.78, 5) is 29.6. The maximum atomic E-state index is 12.6. The number of para-hydroxylation sites is 4. The van der Waals surface area contributed by atoms with E-state index in [1.165, 1.54) is 0 Å². The van der Waals surface area contributed by atoms with Crippen molar-refractivity contribution in [2.75, 3.05) is 62.5 Å². The van der Waals surface area contributed by atoms with Crippen LogP contribution in [0.15, 0.2) is 72.8 Å². The lowest BCUT2D eigenvalue weighted by molar-refractivity contribution is -0.117. The Hall–Kier alpha value is -4.04. The zero-order valence-corrected chi connectivity index (χ0v) is 20.0. The molecule has 1 aliphatic rings. The van der Waals surface area contributed by atoms with E-state index in [1.54, 1.807) is 50.6 Å². The minimum atomic E-state index is -0.250. The van der Waals surface area contributed by atoms with Gasteiger partial charge in [0.1, 0.15) is 11.5 Å². The van der Waals surface area contributed by atoms with Crippen molar-refractivity contribution >= 4 is 28.9 Å². The summed E-state index contributed by atoms with van der Waals surface area (Å²) < 4.78 is 10.7. The zero-order chi connectivity index (χ0) is 24.6. The van der Waals surface area contributed by atoms with Crippen molar-refractivity contribution in [3.8, 4) is 11.5 Å². The Morgan fingerprint density at radius 2 is 1.40 bits per heavy atom. The number of rotatable bonds is 8. The Bertz CT molecular complexity index is 1160. The number of anilines is 3. The van der Waals surface area contributed by atoms with Gasteiger partial charge in [-0.3, -0.25) is 14.5 Å². The first-order valence-electron chi connectivity index (χ1n) is 11.5. The predicted molar refractivity (Wildman–Crippen MR) is 138 cm³/mol. The fraction of sp³-hybridized carbons (Fsp3) is 0.259. The summed E-state index contributed by atoms with van der Waals surface area (Å²) >= 11 is 0. The largest absolute Gasteiger partial charge is 0.495 e. The number of hydrogen-bond donors (Lipinski definition) is 2. The molecule has 1 aliphatic heterocycles. The summed E-state index contributed by atoms with van der Waals surface area (Å²) in [5, 5.41) is 5.76. The molecule has 3 aromatic rings. The summed E-state index contributed by atoms with van der Waals surface area (Å²) in [6.07, 6.45) is 0. The van der Waals surface area contributed by atoms with Crippen LogP contribution in [0.5, 0.6) is 11.5 Å². The Morgan fingerprint density at radius 3 is 2.09 bits per heavy atom. The van der Waals surface area contributed by atoms with Crippen molar-refractivity contribution in [1.82, 2.24) is 4.90 Å². The maximum Gasteiger partial charge on any atom is 0.255 e. The van der Waals surface area contributed by atoms with Gasteiger partial charge in [-0.05, 0) is 48.5 Å². The maximum absolute atomic E-state index is 12.6. The van der Waals surface area contributed by atoms with Crippen LogP contribution in [-0.4, -0.2) is 63.7 Å². The molecule has 0 saturated carbocycles. The molecule has 0 spiro atoms. The van der Waals surface area contributed by atoms with E-state index < -0.39 is 0 Å². The lowest BCUT2D eigenvalue weighted by Crippen LogP contribution is -2.48. The molecule has 2 amide bonds. The molecule has 0 aromatic heterocycles. The third-order valence-electron chi connectivity index (χ3n) is 5.95. The van der Waals surface area contributed by atoms with Gasteiger partial charge in [0.2, 0.25) is 5.91 Å². The molecule has 1 fully saturated rings. The Morgan fingerprint density at radius 1 is 0.771 bits per heavy atom. The monoisotopic (exact) mass is 474 g/mol. The standard InChI is InChI=1S/C27H30N4O4/c1-34-24-9-5-3-7-22(24)29-27(33)20-11-13-21(14-12-20)28-26(32)19-30-15-17-31(18-16-30)23-8-4-6-10-25(23)35-2/h3-14H,15-19H2,1-2H3,(H,28,32)(H,29,33). The second-order valence-corrected chi connectivity index (χ2v) is 8.21. The highest BCUT2D eigenvalue weighted by Gasteiger charge is 2.21. The van der Waals surface area contributed by atoms with Crippen LogP contribution in [0.25, 0.3) is 0 Å². The van der Waals surface area contributed by atoms with Crippen LogP contribution < -0.4 is 25.0 Å². The number of piperazine rings is 1. The molecule has 8 nitrogen and oxygen atoms in total. The average Bonchev–Trinajstić information content (AvgIpc) is 2.89. The molecular weight excluding hydrogens is 444 g/mol. The van der Waals surface area contributed by atoms with Gasteiger partial charge in [-0.2, -0.15) is 0 Å². The van der Waals surface area contributed by atoms with Crippen molar-refractivity contribution < 1.29 is 19.1 Å². The molecule has 0 unspecified atom stereocenters. The number of carbonyl (C=O) groups excluding carboxylic acids is 2. The van der Waals surface area contributed by atoms with Crippen LogP contribution in [-0.2, 0) is 4.79 Å². The summed E-state index contributed by atoms with van der Waals surface area (Å²) in [5.41, 5.74) is 2.81. The van der Waals surface area contributed by atoms with Crippen LogP contribution in [0, 0.1) is 0 Å². The van der Waals surface area contributed by atoms with Gasteiger partial charge in [-0.15, -0.1) is 0 Å². The van der Waals surface area contributed by atoms with E-state index in [4.69, 9.17) is 9.47 Å². The van der Waals surface area contributed by atoms with E-state index >= 15 is 0 Å². The number of hydrogen-bond acceptors (Lipinski definition) is 6. The molecule has 0 aliphatic carbocycles. The SMILES string of the molecule is COc1ccccc1NC(=O)c1ccc(NC(=O)CN2CCN(c3ccccc3OC)CC2)cc1. The van der Waals surface area contributed by atoms with E-state index in [1.807, 2.05) is 30.3 Å². The molecule has 0 radical (unpaired) electrons. The highest BCUT2D eigenvalue weighted by molar-refractivity contribution is 6.05. The highest BCUT2D eigenvalue weighted by Crippen LogP contribution is 2.28. The number of nitrogens with zero attached hydrogens (tertiary/aromatic N) is 2. The molecule has 3 aromatic carbocycles. The Balaban J connectivity index is 1.26. The minimum Gasteiger partial charge on any atom is -0.495 e. The van der Waals surface area contributed by atoms with Crippen LogP contribution in [0.1, 0.15) is 10.4 Å². The number of nitrogens with one attached hydrogen (secondary N) is 2. The van der Waals surface area contributed by atoms with Crippen molar-refractivity contribution in [2.24, 2.45) is 0 Å². The van der Waals surface area contributed by atoms with E-state index in [0.717, 1.165) is 37.6 Å². The summed E-state index contributed by atoms with van der Waals surface area (Å²) in [6.45, 7) is 3.53. The van der Waals surface area contributed by atoms with Gasteiger partial charge in [0.25, 0.3) is 5.91 Å². The zero-order valence-electron chi connectivity index (χ0n) is 20.0. The van der Waals surface area contributed by atoms with Gasteiger partial charge in [-0.25, -0.2) is 0 Å². The van der Waals surface area contributed by atoms with Crippen molar-refractivity contribution in [1.29, 1.82) is 0 Å². The molecule has 0 bridgehead atoms. The molecule has 2 N–H and O–H groups in total. The fourth-order valence-electron chi connectivity index (χ4n) is 4.09. The molecular formula is C27H30N4O4. The van der Waals surface area contributed by atoms with Crippen LogP contribution in [0.3, 0.4) is 0 Å². The molecule has 1 heterocycles. The lowest BCUT2D eigenvalue weighted by atomic mass is 10.2. The van der Waals surface area contributed by atoms with Crippen molar-refractivity contribution in [3.05, 3.63) is 78.4 Å². The van der Waals surface area contributed by atoms with Gasteiger partial charge < -0.3 is 25.0 Å².